The van der Waals surface area contributed by atoms with Crippen LogP contribution < -0.4 is 0 Å². The van der Waals surface area contributed by atoms with Gasteiger partial charge < -0.3 is 5.11 Å². The third kappa shape index (κ3) is 3.45. The molecule has 1 N–H and O–H groups in total. The fourth-order valence-electron chi connectivity index (χ4n) is 1.54. The second-order valence-corrected chi connectivity index (χ2v) is 4.22. The van der Waals surface area contributed by atoms with Crippen molar-refractivity contribution >= 4 is 23.8 Å². The average molecular weight is 245 g/mol. The lowest BCUT2D eigenvalue weighted by atomic mass is 10.1. The van der Waals surface area contributed by atoms with E-state index in [1.165, 1.54) is 0 Å². The first-order valence-corrected chi connectivity index (χ1v) is 5.79. The van der Waals surface area contributed by atoms with Crippen LogP contribution in [0.5, 0.6) is 0 Å². The number of aliphatic hydroxyl groups excluding tert-OH is 1. The minimum Gasteiger partial charge on any atom is -0.392 e. The van der Waals surface area contributed by atoms with E-state index in [4.69, 9.17) is 16.7 Å². The van der Waals surface area contributed by atoms with Gasteiger partial charge in [0.05, 0.1) is 6.61 Å². The number of hydrogen-bond donors (Lipinski definition) is 1. The van der Waals surface area contributed by atoms with Crippen LogP contribution in [0.3, 0.4) is 0 Å². The Balaban J connectivity index is 2.14. The van der Waals surface area contributed by atoms with Crippen LogP contribution in [0.4, 0.5) is 0 Å². The van der Waals surface area contributed by atoms with E-state index in [0.29, 0.717) is 0 Å². The molecule has 0 aliphatic carbocycles. The topological polar surface area (TPSA) is 20.2 Å². The van der Waals surface area contributed by atoms with Crippen molar-refractivity contribution in [3.05, 3.63) is 70.2 Å². The number of rotatable bonds is 3. The summed E-state index contributed by atoms with van der Waals surface area (Å²) in [5, 5.41) is 9.67. The summed E-state index contributed by atoms with van der Waals surface area (Å²) < 4.78 is 0. The minimum atomic E-state index is 0.0816. The largest absolute Gasteiger partial charge is 0.392 e. The molecule has 1 nitrogen and oxygen atoms in total. The van der Waals surface area contributed by atoms with Crippen molar-refractivity contribution in [1.29, 1.82) is 0 Å². The van der Waals surface area contributed by atoms with Crippen LogP contribution in [0.25, 0.3) is 12.2 Å². The highest BCUT2D eigenvalue weighted by molar-refractivity contribution is 6.30. The van der Waals surface area contributed by atoms with E-state index < -0.39 is 0 Å². The third-order valence-electron chi connectivity index (χ3n) is 2.48. The zero-order chi connectivity index (χ0) is 12.1. The molecule has 0 aromatic heterocycles. The van der Waals surface area contributed by atoms with Crippen LogP contribution in [0.15, 0.2) is 48.5 Å². The van der Waals surface area contributed by atoms with Gasteiger partial charge in [-0.25, -0.2) is 0 Å². The molecule has 2 aromatic rings. The summed E-state index contributed by atoms with van der Waals surface area (Å²) in [6.07, 6.45) is 4.03. The predicted octanol–water partition coefficient (Wildman–Crippen LogP) is 4.00. The van der Waals surface area contributed by atoms with Gasteiger partial charge in [-0.1, -0.05) is 60.2 Å². The molecule has 2 rings (SSSR count). The summed E-state index contributed by atoms with van der Waals surface area (Å²) in [7, 11) is 0. The highest BCUT2D eigenvalue weighted by atomic mass is 35.5. The molecule has 0 atom stereocenters. The van der Waals surface area contributed by atoms with E-state index in [0.717, 1.165) is 21.7 Å². The van der Waals surface area contributed by atoms with Gasteiger partial charge in [-0.05, 0) is 28.8 Å². The fraction of sp³-hybridized carbons (Fsp3) is 0.0667. The summed E-state index contributed by atoms with van der Waals surface area (Å²) in [6, 6.07) is 15.5. The first kappa shape index (κ1) is 11.9. The van der Waals surface area contributed by atoms with Gasteiger partial charge in [0, 0.05) is 5.02 Å². The molecule has 0 saturated carbocycles. The van der Waals surface area contributed by atoms with Crippen molar-refractivity contribution in [2.45, 2.75) is 6.61 Å². The van der Waals surface area contributed by atoms with Crippen LogP contribution >= 0.6 is 11.6 Å². The minimum absolute atomic E-state index is 0.0816. The van der Waals surface area contributed by atoms with Crippen LogP contribution in [-0.2, 0) is 6.61 Å². The van der Waals surface area contributed by atoms with Crippen LogP contribution in [0, 0.1) is 0 Å². The molecule has 2 heteroatoms. The van der Waals surface area contributed by atoms with Crippen molar-refractivity contribution in [1.82, 2.24) is 0 Å². The van der Waals surface area contributed by atoms with Crippen LogP contribution in [-0.4, -0.2) is 5.11 Å². The molecule has 0 aliphatic rings. The number of halogens is 1. The molecule has 0 heterocycles. The molecule has 0 spiro atoms. The lowest BCUT2D eigenvalue weighted by molar-refractivity contribution is 0.282. The molecule has 0 fully saturated rings. The number of benzene rings is 2. The molecule has 0 saturated heterocycles. The third-order valence-corrected chi connectivity index (χ3v) is 2.71. The zero-order valence-corrected chi connectivity index (χ0v) is 10.1. The van der Waals surface area contributed by atoms with E-state index in [1.807, 2.05) is 60.7 Å². The predicted molar refractivity (Wildman–Crippen MR) is 72.7 cm³/mol. The summed E-state index contributed by atoms with van der Waals surface area (Å²) in [5.41, 5.74) is 3.09. The van der Waals surface area contributed by atoms with E-state index in [1.54, 1.807) is 0 Å². The highest BCUT2D eigenvalue weighted by Crippen LogP contribution is 2.14. The number of aliphatic hydroxyl groups is 1. The molecular weight excluding hydrogens is 232 g/mol. The SMILES string of the molecule is OCc1ccc(/C=C/c2cccc(Cl)c2)cc1. The van der Waals surface area contributed by atoms with Gasteiger partial charge in [0.2, 0.25) is 0 Å². The Bertz CT molecular complexity index is 515. The van der Waals surface area contributed by atoms with Gasteiger partial charge in [-0.15, -0.1) is 0 Å². The second kappa shape index (κ2) is 5.67. The van der Waals surface area contributed by atoms with Crippen molar-refractivity contribution < 1.29 is 5.11 Å². The number of hydrogen-bond acceptors (Lipinski definition) is 1. The van der Waals surface area contributed by atoms with Crippen molar-refractivity contribution in [3.8, 4) is 0 Å². The van der Waals surface area contributed by atoms with Gasteiger partial charge in [-0.2, -0.15) is 0 Å². The lowest BCUT2D eigenvalue weighted by Gasteiger charge is -1.97. The van der Waals surface area contributed by atoms with Gasteiger partial charge in [0.15, 0.2) is 0 Å². The molecule has 0 unspecified atom stereocenters. The maximum atomic E-state index is 8.93. The average Bonchev–Trinajstić information content (AvgIpc) is 2.37. The van der Waals surface area contributed by atoms with E-state index in [9.17, 15) is 0 Å². The maximum Gasteiger partial charge on any atom is 0.0681 e. The molecule has 17 heavy (non-hydrogen) atoms. The molecule has 2 aromatic carbocycles. The first-order valence-electron chi connectivity index (χ1n) is 5.41. The van der Waals surface area contributed by atoms with Gasteiger partial charge in [-0.3, -0.25) is 0 Å². The van der Waals surface area contributed by atoms with E-state index in [2.05, 4.69) is 0 Å². The summed E-state index contributed by atoms with van der Waals surface area (Å²) in [6.45, 7) is 0.0816. The normalized spacial score (nSPS) is 10.9. The zero-order valence-electron chi connectivity index (χ0n) is 9.31. The Labute approximate surface area is 106 Å². The first-order chi connectivity index (χ1) is 8.28. The van der Waals surface area contributed by atoms with Crippen LogP contribution in [0.2, 0.25) is 5.02 Å². The Morgan fingerprint density at radius 3 is 2.29 bits per heavy atom. The van der Waals surface area contributed by atoms with Crippen LogP contribution in [0.1, 0.15) is 16.7 Å². The Kier molecular flexibility index (Phi) is 3.97. The monoisotopic (exact) mass is 244 g/mol. The molecule has 0 radical (unpaired) electrons. The molecular formula is C15H13ClO. The van der Waals surface area contributed by atoms with Gasteiger partial charge >= 0.3 is 0 Å². The van der Waals surface area contributed by atoms with Gasteiger partial charge in [0.1, 0.15) is 0 Å². The summed E-state index contributed by atoms with van der Waals surface area (Å²) >= 11 is 5.90. The Morgan fingerprint density at radius 2 is 1.65 bits per heavy atom. The highest BCUT2D eigenvalue weighted by Gasteiger charge is 1.91. The Hall–Kier alpha value is -1.57. The fourth-order valence-corrected chi connectivity index (χ4v) is 1.74. The van der Waals surface area contributed by atoms with E-state index >= 15 is 0 Å². The van der Waals surface area contributed by atoms with Crippen molar-refractivity contribution in [2.75, 3.05) is 0 Å². The Morgan fingerprint density at radius 1 is 0.941 bits per heavy atom. The molecule has 0 bridgehead atoms. The molecule has 0 aliphatic heterocycles. The van der Waals surface area contributed by atoms with Crippen molar-refractivity contribution in [3.63, 3.8) is 0 Å². The standard InChI is InChI=1S/C15H13ClO/c16-15-3-1-2-13(10-15)7-4-12-5-8-14(11-17)9-6-12/h1-10,17H,11H2/b7-4+. The lowest BCUT2D eigenvalue weighted by Crippen LogP contribution is -1.81. The van der Waals surface area contributed by atoms with E-state index in [-0.39, 0.29) is 6.61 Å². The second-order valence-electron chi connectivity index (χ2n) is 3.79. The quantitative estimate of drug-likeness (QED) is 0.809. The summed E-state index contributed by atoms with van der Waals surface area (Å²) in [5.74, 6) is 0. The maximum absolute atomic E-state index is 8.93. The van der Waals surface area contributed by atoms with Gasteiger partial charge in [0.25, 0.3) is 0 Å². The molecule has 86 valence electrons. The molecule has 0 amide bonds. The summed E-state index contributed by atoms with van der Waals surface area (Å²) in [4.78, 5) is 0. The smallest absolute Gasteiger partial charge is 0.0681 e. The van der Waals surface area contributed by atoms with Crippen molar-refractivity contribution in [2.24, 2.45) is 0 Å².